The molecule has 0 N–H and O–H groups in total. The summed E-state index contributed by atoms with van der Waals surface area (Å²) < 4.78 is 43.1. The van der Waals surface area contributed by atoms with Gasteiger partial charge >= 0.3 is 6.18 Å². The molecule has 0 bridgehead atoms. The van der Waals surface area contributed by atoms with E-state index in [0.29, 0.717) is 22.2 Å². The van der Waals surface area contributed by atoms with Crippen molar-refractivity contribution in [3.05, 3.63) is 41.6 Å². The van der Waals surface area contributed by atoms with Gasteiger partial charge in [-0.2, -0.15) is 13.2 Å². The number of carbonyl (C=O) groups is 1. The number of alkyl halides is 3. The van der Waals surface area contributed by atoms with Crippen LogP contribution in [-0.4, -0.2) is 35.1 Å². The molecule has 0 aliphatic rings. The van der Waals surface area contributed by atoms with Crippen LogP contribution in [0.1, 0.15) is 11.5 Å². The van der Waals surface area contributed by atoms with Crippen molar-refractivity contribution in [2.24, 2.45) is 0 Å². The smallest absolute Gasteiger partial charge is 0.406 e. The van der Waals surface area contributed by atoms with Crippen LogP contribution in [0.15, 0.2) is 34.6 Å². The van der Waals surface area contributed by atoms with Crippen molar-refractivity contribution in [2.75, 3.05) is 13.1 Å². The third-order valence-electron chi connectivity index (χ3n) is 3.02. The number of amides is 1. The van der Waals surface area contributed by atoms with E-state index in [1.807, 2.05) is 17.5 Å². The van der Waals surface area contributed by atoms with Crippen molar-refractivity contribution in [3.8, 4) is 10.8 Å². The Morgan fingerprint density at radius 3 is 2.83 bits per heavy atom. The average Bonchev–Trinajstić information content (AvgIpc) is 3.07. The Labute approximate surface area is 135 Å². The van der Waals surface area contributed by atoms with E-state index in [4.69, 9.17) is 4.42 Å². The van der Waals surface area contributed by atoms with Crippen molar-refractivity contribution < 1.29 is 22.4 Å². The van der Waals surface area contributed by atoms with Crippen molar-refractivity contribution in [1.82, 2.24) is 9.88 Å². The SMILES string of the molecule is C=CCN(CC(F)(F)F)C(=O)Cc1nc(-c2cccs2)oc1C. The van der Waals surface area contributed by atoms with Crippen LogP contribution >= 0.6 is 11.3 Å². The van der Waals surface area contributed by atoms with E-state index in [9.17, 15) is 18.0 Å². The molecule has 0 radical (unpaired) electrons. The first-order valence-electron chi connectivity index (χ1n) is 6.75. The molecular weight excluding hydrogens is 329 g/mol. The maximum Gasteiger partial charge on any atom is 0.406 e. The molecule has 2 heterocycles. The normalized spacial score (nSPS) is 11.5. The molecule has 0 atom stereocenters. The van der Waals surface area contributed by atoms with Crippen molar-refractivity contribution in [1.29, 1.82) is 0 Å². The highest BCUT2D eigenvalue weighted by Gasteiger charge is 2.33. The molecule has 0 aliphatic heterocycles. The molecule has 2 rings (SSSR count). The van der Waals surface area contributed by atoms with Gasteiger partial charge in [0.25, 0.3) is 0 Å². The Kier molecular flexibility index (Phi) is 5.25. The predicted octanol–water partition coefficient (Wildman–Crippen LogP) is 3.83. The largest absolute Gasteiger partial charge is 0.440 e. The number of hydrogen-bond donors (Lipinski definition) is 0. The second-order valence-electron chi connectivity index (χ2n) is 4.85. The number of aromatic nitrogens is 1. The maximum absolute atomic E-state index is 12.5. The molecule has 0 saturated carbocycles. The Morgan fingerprint density at radius 2 is 2.26 bits per heavy atom. The van der Waals surface area contributed by atoms with Gasteiger partial charge in [-0.25, -0.2) is 4.98 Å². The van der Waals surface area contributed by atoms with Crippen LogP contribution in [0.25, 0.3) is 10.8 Å². The quantitative estimate of drug-likeness (QED) is 0.748. The van der Waals surface area contributed by atoms with Gasteiger partial charge in [-0.1, -0.05) is 12.1 Å². The highest BCUT2D eigenvalue weighted by Crippen LogP contribution is 2.26. The molecular formula is C15H15F3N2O2S. The minimum Gasteiger partial charge on any atom is -0.440 e. The fraction of sp³-hybridized carbons (Fsp3) is 0.333. The van der Waals surface area contributed by atoms with Gasteiger partial charge in [0.2, 0.25) is 11.8 Å². The predicted molar refractivity (Wildman–Crippen MR) is 81.1 cm³/mol. The lowest BCUT2D eigenvalue weighted by molar-refractivity contribution is -0.159. The number of carbonyl (C=O) groups excluding carboxylic acids is 1. The summed E-state index contributed by atoms with van der Waals surface area (Å²) in [4.78, 5) is 17.8. The topological polar surface area (TPSA) is 46.3 Å². The van der Waals surface area contributed by atoms with Gasteiger partial charge in [0, 0.05) is 6.54 Å². The van der Waals surface area contributed by atoms with E-state index in [-0.39, 0.29) is 13.0 Å². The second-order valence-corrected chi connectivity index (χ2v) is 5.80. The number of halogens is 3. The monoisotopic (exact) mass is 344 g/mol. The molecule has 0 unspecified atom stereocenters. The Morgan fingerprint density at radius 1 is 1.52 bits per heavy atom. The molecule has 0 saturated heterocycles. The summed E-state index contributed by atoms with van der Waals surface area (Å²) in [6.45, 7) is 3.53. The third kappa shape index (κ3) is 4.69. The molecule has 0 aliphatic carbocycles. The summed E-state index contributed by atoms with van der Waals surface area (Å²) in [5.74, 6) is 0.120. The van der Waals surface area contributed by atoms with Gasteiger partial charge in [-0.3, -0.25) is 4.79 Å². The van der Waals surface area contributed by atoms with Crippen molar-refractivity contribution in [3.63, 3.8) is 0 Å². The van der Waals surface area contributed by atoms with E-state index in [1.165, 1.54) is 17.4 Å². The Balaban J connectivity index is 2.13. The first kappa shape index (κ1) is 17.3. The zero-order chi connectivity index (χ0) is 17.0. The van der Waals surface area contributed by atoms with Crippen LogP contribution in [0.4, 0.5) is 13.2 Å². The summed E-state index contributed by atoms with van der Waals surface area (Å²) in [5, 5.41) is 1.86. The second kappa shape index (κ2) is 6.99. The average molecular weight is 344 g/mol. The number of hydrogen-bond acceptors (Lipinski definition) is 4. The van der Waals surface area contributed by atoms with Crippen LogP contribution in [0.5, 0.6) is 0 Å². The fourth-order valence-electron chi connectivity index (χ4n) is 1.98. The summed E-state index contributed by atoms with van der Waals surface area (Å²) >= 11 is 1.43. The van der Waals surface area contributed by atoms with E-state index in [0.717, 1.165) is 4.88 Å². The molecule has 124 valence electrons. The van der Waals surface area contributed by atoms with Crippen LogP contribution in [0.2, 0.25) is 0 Å². The minimum atomic E-state index is -4.46. The van der Waals surface area contributed by atoms with Crippen LogP contribution in [0.3, 0.4) is 0 Å². The lowest BCUT2D eigenvalue weighted by Crippen LogP contribution is -2.40. The van der Waals surface area contributed by atoms with Crippen molar-refractivity contribution >= 4 is 17.2 Å². The van der Waals surface area contributed by atoms with Gasteiger partial charge in [0.15, 0.2) is 0 Å². The molecule has 23 heavy (non-hydrogen) atoms. The molecule has 1 amide bonds. The molecule has 0 spiro atoms. The van der Waals surface area contributed by atoms with Crippen molar-refractivity contribution in [2.45, 2.75) is 19.5 Å². The zero-order valence-electron chi connectivity index (χ0n) is 12.4. The molecule has 2 aromatic heterocycles. The molecule has 0 aromatic carbocycles. The van der Waals surface area contributed by atoms with E-state index in [2.05, 4.69) is 11.6 Å². The molecule has 2 aromatic rings. The number of thiophene rings is 1. The summed E-state index contributed by atoms with van der Waals surface area (Å²) in [5.41, 5.74) is 0.342. The summed E-state index contributed by atoms with van der Waals surface area (Å²) in [6.07, 6.45) is -3.44. The van der Waals surface area contributed by atoms with E-state index >= 15 is 0 Å². The third-order valence-corrected chi connectivity index (χ3v) is 3.87. The van der Waals surface area contributed by atoms with Gasteiger partial charge in [0.1, 0.15) is 12.3 Å². The van der Waals surface area contributed by atoms with E-state index in [1.54, 1.807) is 6.92 Å². The maximum atomic E-state index is 12.5. The fourth-order valence-corrected chi connectivity index (χ4v) is 2.63. The van der Waals surface area contributed by atoms with Crippen LogP contribution in [0, 0.1) is 6.92 Å². The minimum absolute atomic E-state index is 0.174. The van der Waals surface area contributed by atoms with Gasteiger partial charge in [0.05, 0.1) is 17.0 Å². The number of nitrogens with zero attached hydrogens (tertiary/aromatic N) is 2. The van der Waals surface area contributed by atoms with E-state index < -0.39 is 18.6 Å². The summed E-state index contributed by atoms with van der Waals surface area (Å²) in [6, 6.07) is 3.65. The van der Waals surface area contributed by atoms with Crippen LogP contribution < -0.4 is 0 Å². The molecule has 0 fully saturated rings. The zero-order valence-corrected chi connectivity index (χ0v) is 13.2. The number of oxazole rings is 1. The standard InChI is InChI=1S/C15H15F3N2O2S/c1-3-6-20(9-15(16,17)18)13(21)8-11-10(2)22-14(19-11)12-5-4-7-23-12/h3-5,7H,1,6,8-9H2,2H3. The molecule has 4 nitrogen and oxygen atoms in total. The van der Waals surface area contributed by atoms with Gasteiger partial charge in [-0.15, -0.1) is 17.9 Å². The van der Waals surface area contributed by atoms with Gasteiger partial charge in [-0.05, 0) is 18.4 Å². The van der Waals surface area contributed by atoms with Gasteiger partial charge < -0.3 is 9.32 Å². The number of aryl methyl sites for hydroxylation is 1. The summed E-state index contributed by atoms with van der Waals surface area (Å²) in [7, 11) is 0. The molecule has 8 heteroatoms. The Hall–Kier alpha value is -2.09. The Bertz CT molecular complexity index is 677. The lowest BCUT2D eigenvalue weighted by Gasteiger charge is -2.22. The number of rotatable bonds is 6. The van der Waals surface area contributed by atoms with Crippen LogP contribution in [-0.2, 0) is 11.2 Å². The lowest BCUT2D eigenvalue weighted by atomic mass is 10.2. The first-order valence-corrected chi connectivity index (χ1v) is 7.63. The first-order chi connectivity index (χ1) is 10.8. The highest BCUT2D eigenvalue weighted by molar-refractivity contribution is 7.13. The highest BCUT2D eigenvalue weighted by atomic mass is 32.1.